The molecule has 0 heterocycles. The van der Waals surface area contributed by atoms with Crippen LogP contribution in [0.1, 0.15) is 12.5 Å². The molecule has 0 saturated heterocycles. The third-order valence-electron chi connectivity index (χ3n) is 2.96. The van der Waals surface area contributed by atoms with Crippen LogP contribution in [0.4, 0.5) is 5.69 Å². The van der Waals surface area contributed by atoms with Gasteiger partial charge in [0.2, 0.25) is 0 Å². The summed E-state index contributed by atoms with van der Waals surface area (Å²) in [4.78, 5) is 11.7. The average Bonchev–Trinajstić information content (AvgIpc) is 2.58. The molecule has 5 nitrogen and oxygen atoms in total. The summed E-state index contributed by atoms with van der Waals surface area (Å²) < 4.78 is 5.35. The van der Waals surface area contributed by atoms with E-state index in [1.54, 1.807) is 18.2 Å². The van der Waals surface area contributed by atoms with Crippen molar-refractivity contribution in [2.24, 2.45) is 5.10 Å². The molecule has 0 aromatic heterocycles. The highest BCUT2D eigenvalue weighted by atomic mass is 35.5. The van der Waals surface area contributed by atoms with Crippen LogP contribution < -0.4 is 15.5 Å². The fraction of sp³-hybridized carbons (Fsp3) is 0.176. The Labute approximate surface area is 150 Å². The molecule has 0 saturated carbocycles. The highest BCUT2D eigenvalue weighted by Gasteiger charge is 2.01. The molecule has 2 rings (SSSR count). The monoisotopic (exact) mass is 365 g/mol. The number of hydrogen-bond acceptors (Lipinski definition) is 4. The molecule has 0 aliphatic rings. The molecule has 0 spiro atoms. The van der Waals surface area contributed by atoms with E-state index in [2.05, 4.69) is 15.8 Å². The normalized spacial score (nSPS) is 10.6. The predicted octanol–water partition coefficient (Wildman–Crippen LogP) is 3.95. The van der Waals surface area contributed by atoms with Gasteiger partial charge in [0.05, 0.1) is 29.4 Å². The maximum atomic E-state index is 11.7. The van der Waals surface area contributed by atoms with Crippen LogP contribution in [0.3, 0.4) is 0 Å². The van der Waals surface area contributed by atoms with E-state index in [1.165, 1.54) is 6.21 Å². The minimum Gasteiger partial charge on any atom is -0.494 e. The Morgan fingerprint density at radius 2 is 1.92 bits per heavy atom. The summed E-state index contributed by atoms with van der Waals surface area (Å²) in [5.41, 5.74) is 4.00. The first-order chi connectivity index (χ1) is 11.6. The third kappa shape index (κ3) is 5.76. The number of hydrogen-bond donors (Lipinski definition) is 2. The lowest BCUT2D eigenvalue weighted by molar-refractivity contribution is -0.119. The van der Waals surface area contributed by atoms with Gasteiger partial charge in [0.1, 0.15) is 5.75 Å². The van der Waals surface area contributed by atoms with E-state index in [4.69, 9.17) is 27.9 Å². The molecule has 2 N–H and O–H groups in total. The highest BCUT2D eigenvalue weighted by Crippen LogP contribution is 2.21. The molecule has 126 valence electrons. The number of anilines is 1. The van der Waals surface area contributed by atoms with Crippen molar-refractivity contribution in [1.29, 1.82) is 0 Å². The number of amides is 1. The highest BCUT2D eigenvalue weighted by molar-refractivity contribution is 6.42. The fourth-order valence-corrected chi connectivity index (χ4v) is 2.14. The molecular formula is C17H17Cl2N3O2. The first-order valence-corrected chi connectivity index (χ1v) is 8.07. The van der Waals surface area contributed by atoms with Crippen LogP contribution in [-0.4, -0.2) is 25.3 Å². The topological polar surface area (TPSA) is 62.7 Å². The van der Waals surface area contributed by atoms with Crippen molar-refractivity contribution in [3.8, 4) is 5.75 Å². The number of nitrogens with zero attached hydrogens (tertiary/aromatic N) is 1. The van der Waals surface area contributed by atoms with Gasteiger partial charge in [-0.05, 0) is 48.9 Å². The molecule has 0 radical (unpaired) electrons. The Hall–Kier alpha value is -2.24. The number of hydrazone groups is 1. The number of rotatable bonds is 7. The van der Waals surface area contributed by atoms with Crippen molar-refractivity contribution < 1.29 is 9.53 Å². The summed E-state index contributed by atoms with van der Waals surface area (Å²) in [6.45, 7) is 2.65. The Bertz CT molecular complexity index is 718. The van der Waals surface area contributed by atoms with Gasteiger partial charge < -0.3 is 10.1 Å². The molecule has 2 aromatic carbocycles. The van der Waals surface area contributed by atoms with Gasteiger partial charge in [0, 0.05) is 5.69 Å². The summed E-state index contributed by atoms with van der Waals surface area (Å²) in [5, 5.41) is 7.78. The maximum Gasteiger partial charge on any atom is 0.259 e. The van der Waals surface area contributed by atoms with Crippen LogP contribution in [0, 0.1) is 0 Å². The van der Waals surface area contributed by atoms with Crippen LogP contribution >= 0.6 is 23.2 Å². The van der Waals surface area contributed by atoms with Gasteiger partial charge >= 0.3 is 0 Å². The average molecular weight is 366 g/mol. The zero-order valence-corrected chi connectivity index (χ0v) is 14.6. The molecule has 2 aromatic rings. The number of benzene rings is 2. The Morgan fingerprint density at radius 3 is 2.58 bits per heavy atom. The Kier molecular flexibility index (Phi) is 6.90. The Morgan fingerprint density at radius 1 is 1.17 bits per heavy atom. The van der Waals surface area contributed by atoms with Gasteiger partial charge in [-0.15, -0.1) is 0 Å². The van der Waals surface area contributed by atoms with Crippen LogP contribution in [0.5, 0.6) is 5.75 Å². The van der Waals surface area contributed by atoms with Crippen LogP contribution in [0.2, 0.25) is 10.0 Å². The van der Waals surface area contributed by atoms with Gasteiger partial charge in [0.15, 0.2) is 0 Å². The maximum absolute atomic E-state index is 11.7. The van der Waals surface area contributed by atoms with Gasteiger partial charge in [-0.25, -0.2) is 5.43 Å². The lowest BCUT2D eigenvalue weighted by Gasteiger charge is -2.07. The van der Waals surface area contributed by atoms with Gasteiger partial charge in [-0.1, -0.05) is 29.3 Å². The fourth-order valence-electron chi connectivity index (χ4n) is 1.83. The van der Waals surface area contributed by atoms with Crippen molar-refractivity contribution >= 4 is 41.0 Å². The molecule has 0 aliphatic heterocycles. The second-order valence-electron chi connectivity index (χ2n) is 4.78. The third-order valence-corrected chi connectivity index (χ3v) is 3.70. The summed E-state index contributed by atoms with van der Waals surface area (Å²) in [6.07, 6.45) is 1.50. The van der Waals surface area contributed by atoms with E-state index < -0.39 is 0 Å². The standard InChI is InChI=1S/C17H17Cl2N3O2/c1-2-24-14-6-4-13(5-7-14)20-11-17(23)22-21-10-12-3-8-15(18)16(19)9-12/h3-10,20H,2,11H2,1H3,(H,22,23)/b21-10+. The molecule has 0 fully saturated rings. The van der Waals surface area contributed by atoms with E-state index in [1.807, 2.05) is 31.2 Å². The second-order valence-corrected chi connectivity index (χ2v) is 5.59. The molecular weight excluding hydrogens is 349 g/mol. The van der Waals surface area contributed by atoms with Gasteiger partial charge in [-0.2, -0.15) is 5.10 Å². The second kappa shape index (κ2) is 9.15. The van der Waals surface area contributed by atoms with Crippen molar-refractivity contribution in [2.75, 3.05) is 18.5 Å². The first kappa shape index (κ1) is 18.1. The smallest absolute Gasteiger partial charge is 0.259 e. The zero-order chi connectivity index (χ0) is 17.4. The number of carbonyl (C=O) groups excluding carboxylic acids is 1. The van der Waals surface area contributed by atoms with Crippen molar-refractivity contribution in [3.05, 3.63) is 58.1 Å². The predicted molar refractivity (Wildman–Crippen MR) is 98.3 cm³/mol. The summed E-state index contributed by atoms with van der Waals surface area (Å²) in [7, 11) is 0. The van der Waals surface area contributed by atoms with E-state index in [0.717, 1.165) is 17.0 Å². The van der Waals surface area contributed by atoms with E-state index in [9.17, 15) is 4.79 Å². The molecule has 0 aliphatic carbocycles. The van der Waals surface area contributed by atoms with Crippen molar-refractivity contribution in [3.63, 3.8) is 0 Å². The molecule has 7 heteroatoms. The first-order valence-electron chi connectivity index (χ1n) is 7.32. The number of halogens is 2. The van der Waals surface area contributed by atoms with Crippen molar-refractivity contribution in [2.45, 2.75) is 6.92 Å². The minimum atomic E-state index is -0.264. The lowest BCUT2D eigenvalue weighted by Crippen LogP contribution is -2.25. The summed E-state index contributed by atoms with van der Waals surface area (Å²) in [5.74, 6) is 0.527. The van der Waals surface area contributed by atoms with E-state index >= 15 is 0 Å². The van der Waals surface area contributed by atoms with Crippen LogP contribution in [0.25, 0.3) is 0 Å². The van der Waals surface area contributed by atoms with Gasteiger partial charge in [-0.3, -0.25) is 4.79 Å². The lowest BCUT2D eigenvalue weighted by atomic mass is 10.2. The van der Waals surface area contributed by atoms with Crippen LogP contribution in [-0.2, 0) is 4.79 Å². The molecule has 0 unspecified atom stereocenters. The summed E-state index contributed by atoms with van der Waals surface area (Å²) >= 11 is 11.7. The molecule has 24 heavy (non-hydrogen) atoms. The quantitative estimate of drug-likeness (QED) is 0.576. The molecule has 0 bridgehead atoms. The Balaban J connectivity index is 1.78. The number of nitrogens with one attached hydrogen (secondary N) is 2. The molecule has 0 atom stereocenters. The summed E-state index contributed by atoms with van der Waals surface area (Å²) in [6, 6.07) is 12.5. The SMILES string of the molecule is CCOc1ccc(NCC(=O)N/N=C/c2ccc(Cl)c(Cl)c2)cc1. The molecule has 1 amide bonds. The number of carbonyl (C=O) groups is 1. The van der Waals surface area contributed by atoms with Crippen LogP contribution in [0.15, 0.2) is 47.6 Å². The largest absolute Gasteiger partial charge is 0.494 e. The minimum absolute atomic E-state index is 0.104. The van der Waals surface area contributed by atoms with Gasteiger partial charge in [0.25, 0.3) is 5.91 Å². The van der Waals surface area contributed by atoms with E-state index in [-0.39, 0.29) is 12.5 Å². The zero-order valence-electron chi connectivity index (χ0n) is 13.1. The van der Waals surface area contributed by atoms with E-state index in [0.29, 0.717) is 16.7 Å². The van der Waals surface area contributed by atoms with Crippen molar-refractivity contribution in [1.82, 2.24) is 5.43 Å². The number of ether oxygens (including phenoxy) is 1.